The zero-order valence-corrected chi connectivity index (χ0v) is 19.5. The van der Waals surface area contributed by atoms with Crippen molar-refractivity contribution >= 4 is 29.0 Å². The minimum Gasteiger partial charge on any atom is -0.343 e. The fourth-order valence-corrected chi connectivity index (χ4v) is 4.63. The number of rotatable bonds is 5. The van der Waals surface area contributed by atoms with E-state index in [4.69, 9.17) is 0 Å². The highest BCUT2D eigenvalue weighted by Gasteiger charge is 2.30. The molecule has 0 aliphatic carbocycles. The van der Waals surface area contributed by atoms with Gasteiger partial charge in [-0.1, -0.05) is 12.1 Å². The standard InChI is InChI=1S/C23H18F3N7O2S/c1-11(31-21(35)18-14-5-6-17(34)33-19(14)30-10-29-18)22-28-9-16(36-22)20-27-8-15(32-20)12-3-2-4-13(7-12)23(24,25)26/h2-4,7-11H,5-6H2,1H3,(H,27,32)(H,31,35)(H,29,30,33,34)/t11-/m1/s1. The van der Waals surface area contributed by atoms with Crippen LogP contribution in [0.2, 0.25) is 0 Å². The molecule has 0 radical (unpaired) electrons. The van der Waals surface area contributed by atoms with Crippen molar-refractivity contribution in [3.8, 4) is 22.0 Å². The van der Waals surface area contributed by atoms with Gasteiger partial charge in [0.25, 0.3) is 5.91 Å². The van der Waals surface area contributed by atoms with Gasteiger partial charge in [-0.15, -0.1) is 11.3 Å². The van der Waals surface area contributed by atoms with E-state index in [9.17, 15) is 22.8 Å². The average Bonchev–Trinajstić information content (AvgIpc) is 3.53. The highest BCUT2D eigenvalue weighted by molar-refractivity contribution is 7.15. The van der Waals surface area contributed by atoms with E-state index in [1.165, 1.54) is 29.9 Å². The number of amides is 2. The zero-order valence-electron chi connectivity index (χ0n) is 18.7. The van der Waals surface area contributed by atoms with Crippen LogP contribution in [0.3, 0.4) is 0 Å². The van der Waals surface area contributed by atoms with E-state index in [-0.39, 0.29) is 18.0 Å². The minimum absolute atomic E-state index is 0.162. The van der Waals surface area contributed by atoms with Crippen LogP contribution in [-0.4, -0.2) is 36.7 Å². The number of aromatic amines is 1. The predicted molar refractivity (Wildman–Crippen MR) is 125 cm³/mol. The predicted octanol–water partition coefficient (Wildman–Crippen LogP) is 4.38. The summed E-state index contributed by atoms with van der Waals surface area (Å²) < 4.78 is 39.1. The van der Waals surface area contributed by atoms with E-state index >= 15 is 0 Å². The summed E-state index contributed by atoms with van der Waals surface area (Å²) in [6.45, 7) is 1.77. The molecule has 9 nitrogen and oxygen atoms in total. The van der Waals surface area contributed by atoms with Crippen molar-refractivity contribution < 1.29 is 22.8 Å². The lowest BCUT2D eigenvalue weighted by molar-refractivity contribution is -0.137. The number of hydrogen-bond acceptors (Lipinski definition) is 7. The lowest BCUT2D eigenvalue weighted by Gasteiger charge is -2.18. The number of fused-ring (bicyclic) bond motifs is 1. The number of alkyl halides is 3. The molecule has 1 aliphatic rings. The topological polar surface area (TPSA) is 126 Å². The molecule has 0 bridgehead atoms. The summed E-state index contributed by atoms with van der Waals surface area (Å²) in [6.07, 6.45) is 0.516. The molecular formula is C23H18F3N7O2S. The first-order chi connectivity index (χ1) is 17.2. The molecule has 0 spiro atoms. The van der Waals surface area contributed by atoms with E-state index in [0.717, 1.165) is 12.1 Å². The van der Waals surface area contributed by atoms with Gasteiger partial charge in [0.1, 0.15) is 28.7 Å². The number of carbonyl (C=O) groups excluding carboxylic acids is 2. The normalized spacial score (nSPS) is 14.2. The van der Waals surface area contributed by atoms with Gasteiger partial charge in [-0.05, 0) is 25.5 Å². The second-order valence-electron chi connectivity index (χ2n) is 8.07. The molecule has 4 aromatic rings. The summed E-state index contributed by atoms with van der Waals surface area (Å²) in [5.41, 5.74) is 0.733. The monoisotopic (exact) mass is 513 g/mol. The molecule has 36 heavy (non-hydrogen) atoms. The summed E-state index contributed by atoms with van der Waals surface area (Å²) in [7, 11) is 0. The molecule has 1 aliphatic heterocycles. The number of aromatic nitrogens is 5. The number of carbonyl (C=O) groups is 2. The molecule has 0 unspecified atom stereocenters. The molecule has 184 valence electrons. The van der Waals surface area contributed by atoms with Crippen molar-refractivity contribution in [2.75, 3.05) is 5.32 Å². The fourth-order valence-electron chi connectivity index (χ4n) is 3.76. The Bertz CT molecular complexity index is 1460. The van der Waals surface area contributed by atoms with Gasteiger partial charge < -0.3 is 15.6 Å². The van der Waals surface area contributed by atoms with Crippen LogP contribution < -0.4 is 10.6 Å². The van der Waals surface area contributed by atoms with Crippen molar-refractivity contribution in [2.45, 2.75) is 32.0 Å². The van der Waals surface area contributed by atoms with Gasteiger partial charge in [0.15, 0.2) is 0 Å². The highest BCUT2D eigenvalue weighted by atomic mass is 32.1. The van der Waals surface area contributed by atoms with E-state index < -0.39 is 23.7 Å². The van der Waals surface area contributed by atoms with Gasteiger partial charge in [-0.25, -0.2) is 19.9 Å². The minimum atomic E-state index is -4.44. The molecule has 0 fully saturated rings. The first-order valence-electron chi connectivity index (χ1n) is 10.8. The Labute approximate surface area is 206 Å². The second kappa shape index (κ2) is 9.15. The summed E-state index contributed by atoms with van der Waals surface area (Å²) in [5.74, 6) is 0.208. The molecule has 0 saturated carbocycles. The Morgan fingerprint density at radius 3 is 2.83 bits per heavy atom. The van der Waals surface area contributed by atoms with Crippen molar-refractivity contribution in [3.63, 3.8) is 0 Å². The van der Waals surface area contributed by atoms with Gasteiger partial charge in [0.2, 0.25) is 5.91 Å². The number of thiazole rings is 1. The van der Waals surface area contributed by atoms with Gasteiger partial charge in [-0.2, -0.15) is 13.2 Å². The number of nitrogens with one attached hydrogen (secondary N) is 3. The van der Waals surface area contributed by atoms with E-state index in [2.05, 4.69) is 35.6 Å². The average molecular weight is 514 g/mol. The number of imidazole rings is 1. The maximum Gasteiger partial charge on any atom is 0.416 e. The Hall–Kier alpha value is -4.13. The maximum absolute atomic E-state index is 13.0. The third-order valence-electron chi connectivity index (χ3n) is 5.56. The smallest absolute Gasteiger partial charge is 0.343 e. The van der Waals surface area contributed by atoms with Crippen LogP contribution in [0.15, 0.2) is 43.0 Å². The summed E-state index contributed by atoms with van der Waals surface area (Å²) >= 11 is 1.29. The third kappa shape index (κ3) is 4.69. The van der Waals surface area contributed by atoms with Gasteiger partial charge in [-0.3, -0.25) is 9.59 Å². The zero-order chi connectivity index (χ0) is 25.4. The van der Waals surface area contributed by atoms with Crippen LogP contribution in [0, 0.1) is 0 Å². The van der Waals surface area contributed by atoms with Crippen LogP contribution in [0.25, 0.3) is 22.0 Å². The Balaban J connectivity index is 1.31. The Morgan fingerprint density at radius 1 is 1.19 bits per heavy atom. The lowest BCUT2D eigenvalue weighted by atomic mass is 10.0. The van der Waals surface area contributed by atoms with Crippen molar-refractivity contribution in [2.24, 2.45) is 0 Å². The number of benzene rings is 1. The van der Waals surface area contributed by atoms with Crippen molar-refractivity contribution in [1.82, 2.24) is 30.2 Å². The summed E-state index contributed by atoms with van der Waals surface area (Å²) in [5, 5.41) is 6.10. The van der Waals surface area contributed by atoms with Crippen molar-refractivity contribution in [1.29, 1.82) is 0 Å². The van der Waals surface area contributed by atoms with Crippen LogP contribution in [-0.2, 0) is 17.4 Å². The van der Waals surface area contributed by atoms with Crippen LogP contribution >= 0.6 is 11.3 Å². The lowest BCUT2D eigenvalue weighted by Crippen LogP contribution is -2.30. The largest absolute Gasteiger partial charge is 0.416 e. The Morgan fingerprint density at radius 2 is 2.03 bits per heavy atom. The molecule has 1 atom stereocenters. The number of nitrogens with zero attached hydrogens (tertiary/aromatic N) is 4. The Kier molecular flexibility index (Phi) is 6.00. The molecule has 0 saturated heterocycles. The number of hydrogen-bond donors (Lipinski definition) is 3. The summed E-state index contributed by atoms with van der Waals surface area (Å²) in [4.78, 5) is 45.0. The van der Waals surface area contributed by atoms with E-state index in [1.54, 1.807) is 19.2 Å². The van der Waals surface area contributed by atoms with Gasteiger partial charge >= 0.3 is 6.18 Å². The molecule has 13 heteroatoms. The summed E-state index contributed by atoms with van der Waals surface area (Å²) in [6, 6.07) is 4.49. The van der Waals surface area contributed by atoms with Crippen LogP contribution in [0.4, 0.5) is 19.0 Å². The molecule has 4 heterocycles. The van der Waals surface area contributed by atoms with Gasteiger partial charge in [0, 0.05) is 29.9 Å². The second-order valence-corrected chi connectivity index (χ2v) is 9.13. The fraction of sp³-hybridized carbons (Fsp3) is 0.217. The van der Waals surface area contributed by atoms with E-state index in [0.29, 0.717) is 44.8 Å². The van der Waals surface area contributed by atoms with Crippen molar-refractivity contribution in [3.05, 3.63) is 64.8 Å². The van der Waals surface area contributed by atoms with Crippen LogP contribution in [0.1, 0.15) is 46.0 Å². The van der Waals surface area contributed by atoms with Gasteiger partial charge in [0.05, 0.1) is 22.2 Å². The molecular weight excluding hydrogens is 495 g/mol. The third-order valence-corrected chi connectivity index (χ3v) is 6.75. The SMILES string of the molecule is C[C@@H](NC(=O)c1ncnc2c1CCC(=O)N2)c1ncc(-c2nc(-c3cccc(C(F)(F)F)c3)c[nH]2)s1. The quantitative estimate of drug-likeness (QED) is 0.364. The molecule has 2 amide bonds. The first-order valence-corrected chi connectivity index (χ1v) is 11.6. The highest BCUT2D eigenvalue weighted by Crippen LogP contribution is 2.33. The first kappa shape index (κ1) is 23.6. The molecule has 3 N–H and O–H groups in total. The van der Waals surface area contributed by atoms with E-state index in [1.807, 2.05) is 0 Å². The number of anilines is 1. The number of halogens is 3. The number of H-pyrrole nitrogens is 1. The molecule has 1 aromatic carbocycles. The maximum atomic E-state index is 13.0. The van der Waals surface area contributed by atoms with Crippen LogP contribution in [0.5, 0.6) is 0 Å². The molecule has 5 rings (SSSR count). The molecule has 3 aromatic heterocycles.